The highest BCUT2D eigenvalue weighted by molar-refractivity contribution is 5.93. The summed E-state index contributed by atoms with van der Waals surface area (Å²) < 4.78 is 2.12. The van der Waals surface area contributed by atoms with Gasteiger partial charge in [-0.25, -0.2) is 9.78 Å². The SMILES string of the molecule is O=C(O)c1ccc2c(c1)nc(-c1cccc([N+](=O)[O-])c1)n2C1CCCC1. The maximum absolute atomic E-state index is 11.3. The topological polar surface area (TPSA) is 98.3 Å². The number of carbonyl (C=O) groups is 1. The average molecular weight is 351 g/mol. The minimum atomic E-state index is -1.00. The number of rotatable bonds is 4. The van der Waals surface area contributed by atoms with Crippen molar-refractivity contribution in [2.24, 2.45) is 0 Å². The lowest BCUT2D eigenvalue weighted by Gasteiger charge is -2.16. The summed E-state index contributed by atoms with van der Waals surface area (Å²) in [5, 5.41) is 20.4. The highest BCUT2D eigenvalue weighted by Crippen LogP contribution is 2.37. The van der Waals surface area contributed by atoms with Crippen molar-refractivity contribution >= 4 is 22.7 Å². The van der Waals surface area contributed by atoms with Crippen LogP contribution in [0.1, 0.15) is 42.1 Å². The molecule has 0 bridgehead atoms. The van der Waals surface area contributed by atoms with Crippen molar-refractivity contribution < 1.29 is 14.8 Å². The highest BCUT2D eigenvalue weighted by atomic mass is 16.6. The van der Waals surface area contributed by atoms with Crippen molar-refractivity contribution in [3.63, 3.8) is 0 Å². The minimum absolute atomic E-state index is 0.0127. The number of carboxylic acid groups (broad SMARTS) is 1. The van der Waals surface area contributed by atoms with E-state index < -0.39 is 10.9 Å². The third-order valence-electron chi connectivity index (χ3n) is 4.94. The van der Waals surface area contributed by atoms with Crippen LogP contribution in [0.2, 0.25) is 0 Å². The van der Waals surface area contributed by atoms with Gasteiger partial charge in [-0.15, -0.1) is 0 Å². The lowest BCUT2D eigenvalue weighted by Crippen LogP contribution is -2.07. The number of hydrogen-bond donors (Lipinski definition) is 1. The normalized spacial score (nSPS) is 14.8. The van der Waals surface area contributed by atoms with Crippen LogP contribution in [0.5, 0.6) is 0 Å². The Hall–Kier alpha value is -3.22. The molecule has 0 atom stereocenters. The lowest BCUT2D eigenvalue weighted by atomic mass is 10.1. The Labute approximate surface area is 149 Å². The molecule has 4 rings (SSSR count). The van der Waals surface area contributed by atoms with Crippen LogP contribution in [-0.2, 0) is 0 Å². The van der Waals surface area contributed by atoms with Crippen molar-refractivity contribution in [3.05, 3.63) is 58.1 Å². The maximum atomic E-state index is 11.3. The second-order valence-corrected chi connectivity index (χ2v) is 6.56. The van der Waals surface area contributed by atoms with E-state index in [2.05, 4.69) is 9.55 Å². The van der Waals surface area contributed by atoms with Crippen LogP contribution in [0, 0.1) is 10.1 Å². The molecule has 0 aliphatic heterocycles. The molecule has 1 N–H and O–H groups in total. The van der Waals surface area contributed by atoms with Gasteiger partial charge < -0.3 is 9.67 Å². The van der Waals surface area contributed by atoms with Gasteiger partial charge in [0.05, 0.1) is 21.5 Å². The fourth-order valence-electron chi connectivity index (χ4n) is 3.73. The van der Waals surface area contributed by atoms with Crippen LogP contribution in [-0.4, -0.2) is 25.6 Å². The molecule has 0 radical (unpaired) electrons. The Balaban J connectivity index is 1.94. The van der Waals surface area contributed by atoms with E-state index in [1.54, 1.807) is 30.3 Å². The molecule has 1 aliphatic carbocycles. The molecule has 7 heteroatoms. The first-order chi connectivity index (χ1) is 12.5. The summed E-state index contributed by atoms with van der Waals surface area (Å²) >= 11 is 0. The molecule has 0 unspecified atom stereocenters. The minimum Gasteiger partial charge on any atom is -0.478 e. The molecule has 0 saturated heterocycles. The van der Waals surface area contributed by atoms with Crippen molar-refractivity contribution in [2.45, 2.75) is 31.7 Å². The van der Waals surface area contributed by atoms with Gasteiger partial charge in [-0.3, -0.25) is 10.1 Å². The van der Waals surface area contributed by atoms with Gasteiger partial charge in [0.15, 0.2) is 0 Å². The Morgan fingerprint density at radius 3 is 2.65 bits per heavy atom. The number of nitro groups is 1. The zero-order valence-electron chi connectivity index (χ0n) is 14.0. The van der Waals surface area contributed by atoms with Gasteiger partial charge in [0.25, 0.3) is 5.69 Å². The first-order valence-electron chi connectivity index (χ1n) is 8.55. The zero-order valence-corrected chi connectivity index (χ0v) is 14.0. The van der Waals surface area contributed by atoms with E-state index in [9.17, 15) is 20.0 Å². The van der Waals surface area contributed by atoms with E-state index >= 15 is 0 Å². The molecular weight excluding hydrogens is 334 g/mol. The molecule has 0 amide bonds. The monoisotopic (exact) mass is 351 g/mol. The van der Waals surface area contributed by atoms with Gasteiger partial charge >= 0.3 is 5.97 Å². The smallest absolute Gasteiger partial charge is 0.335 e. The molecule has 1 fully saturated rings. The molecule has 26 heavy (non-hydrogen) atoms. The number of non-ortho nitro benzene ring substituents is 1. The van der Waals surface area contributed by atoms with Crippen LogP contribution in [0.15, 0.2) is 42.5 Å². The Morgan fingerprint density at radius 1 is 1.19 bits per heavy atom. The third-order valence-corrected chi connectivity index (χ3v) is 4.94. The van der Waals surface area contributed by atoms with Gasteiger partial charge in [-0.2, -0.15) is 0 Å². The number of nitro benzene ring substituents is 1. The summed E-state index contributed by atoms with van der Waals surface area (Å²) in [6.07, 6.45) is 4.31. The van der Waals surface area contributed by atoms with Crippen LogP contribution in [0.4, 0.5) is 5.69 Å². The summed E-state index contributed by atoms with van der Waals surface area (Å²) in [5.41, 5.74) is 2.32. The highest BCUT2D eigenvalue weighted by Gasteiger charge is 2.24. The average Bonchev–Trinajstić information content (AvgIpc) is 3.28. The van der Waals surface area contributed by atoms with Crippen molar-refractivity contribution in [1.29, 1.82) is 0 Å². The second kappa shape index (κ2) is 6.25. The van der Waals surface area contributed by atoms with Crippen LogP contribution >= 0.6 is 0 Å². The van der Waals surface area contributed by atoms with E-state index in [1.807, 2.05) is 0 Å². The second-order valence-electron chi connectivity index (χ2n) is 6.56. The molecule has 2 aromatic carbocycles. The number of benzene rings is 2. The zero-order chi connectivity index (χ0) is 18.3. The maximum Gasteiger partial charge on any atom is 0.335 e. The van der Waals surface area contributed by atoms with Gasteiger partial charge in [0, 0.05) is 23.7 Å². The van der Waals surface area contributed by atoms with E-state index in [1.165, 1.54) is 12.1 Å². The van der Waals surface area contributed by atoms with E-state index in [4.69, 9.17) is 0 Å². The summed E-state index contributed by atoms with van der Waals surface area (Å²) in [7, 11) is 0. The lowest BCUT2D eigenvalue weighted by molar-refractivity contribution is -0.384. The molecule has 1 saturated carbocycles. The summed E-state index contributed by atoms with van der Waals surface area (Å²) in [6.45, 7) is 0. The van der Waals surface area contributed by atoms with Crippen LogP contribution in [0.25, 0.3) is 22.4 Å². The molecule has 1 aromatic heterocycles. The van der Waals surface area contributed by atoms with E-state index in [-0.39, 0.29) is 17.3 Å². The molecule has 1 aliphatic rings. The van der Waals surface area contributed by atoms with Gasteiger partial charge in [-0.1, -0.05) is 25.0 Å². The number of carboxylic acids is 1. The van der Waals surface area contributed by atoms with E-state index in [0.29, 0.717) is 16.9 Å². The number of hydrogen-bond acceptors (Lipinski definition) is 4. The molecule has 1 heterocycles. The first-order valence-corrected chi connectivity index (χ1v) is 8.55. The molecule has 3 aromatic rings. The third kappa shape index (κ3) is 2.71. The van der Waals surface area contributed by atoms with Gasteiger partial charge in [0.2, 0.25) is 0 Å². The fourth-order valence-corrected chi connectivity index (χ4v) is 3.73. The standard InChI is InChI=1S/C19H17N3O4/c23-19(24)13-8-9-17-16(11-13)20-18(21(17)14-5-1-2-6-14)12-4-3-7-15(10-12)22(25)26/h3-4,7-11,14H,1-2,5-6H2,(H,23,24). The summed E-state index contributed by atoms with van der Waals surface area (Å²) in [4.78, 5) is 26.6. The Kier molecular flexibility index (Phi) is 3.91. The largest absolute Gasteiger partial charge is 0.478 e. The van der Waals surface area contributed by atoms with Crippen LogP contribution in [0.3, 0.4) is 0 Å². The molecule has 0 spiro atoms. The Bertz CT molecular complexity index is 1020. The van der Waals surface area contributed by atoms with Crippen LogP contribution < -0.4 is 0 Å². The first kappa shape index (κ1) is 16.3. The summed E-state index contributed by atoms with van der Waals surface area (Å²) in [6, 6.07) is 11.6. The van der Waals surface area contributed by atoms with Crippen molar-refractivity contribution in [3.8, 4) is 11.4 Å². The number of aromatic carboxylic acids is 1. The fraction of sp³-hybridized carbons (Fsp3) is 0.263. The van der Waals surface area contributed by atoms with Gasteiger partial charge in [-0.05, 0) is 31.0 Å². The predicted octanol–water partition coefficient (Wildman–Crippen LogP) is 4.42. The van der Waals surface area contributed by atoms with Crippen molar-refractivity contribution in [1.82, 2.24) is 9.55 Å². The quantitative estimate of drug-likeness (QED) is 0.554. The Morgan fingerprint density at radius 2 is 1.96 bits per heavy atom. The van der Waals surface area contributed by atoms with Crippen molar-refractivity contribution in [2.75, 3.05) is 0 Å². The van der Waals surface area contributed by atoms with E-state index in [0.717, 1.165) is 31.2 Å². The number of fused-ring (bicyclic) bond motifs is 1. The predicted molar refractivity (Wildman–Crippen MR) is 96.3 cm³/mol. The number of nitrogens with zero attached hydrogens (tertiary/aromatic N) is 3. The van der Waals surface area contributed by atoms with Gasteiger partial charge in [0.1, 0.15) is 5.82 Å². The number of aromatic nitrogens is 2. The molecular formula is C19H17N3O4. The number of imidazole rings is 1. The summed E-state index contributed by atoms with van der Waals surface area (Å²) in [5.74, 6) is -0.350. The molecule has 132 valence electrons. The molecule has 7 nitrogen and oxygen atoms in total.